The maximum Gasteiger partial charge on any atom is 0.171 e. The summed E-state index contributed by atoms with van der Waals surface area (Å²) in [5.41, 5.74) is 1.20. The van der Waals surface area contributed by atoms with Gasteiger partial charge in [0.1, 0.15) is 5.75 Å². The highest BCUT2D eigenvalue weighted by molar-refractivity contribution is 5.60. The highest BCUT2D eigenvalue weighted by Crippen LogP contribution is 2.27. The number of anilines is 2. The van der Waals surface area contributed by atoms with Crippen LogP contribution in [-0.2, 0) is 0 Å². The van der Waals surface area contributed by atoms with Gasteiger partial charge in [-0.1, -0.05) is 19.1 Å². The molecule has 0 fully saturated rings. The summed E-state index contributed by atoms with van der Waals surface area (Å²) in [6.07, 6.45) is 4.36. The molecule has 2 aromatic rings. The third-order valence-corrected chi connectivity index (χ3v) is 3.34. The summed E-state index contributed by atoms with van der Waals surface area (Å²) in [5.74, 6) is 2.50. The Balaban J connectivity index is 2.22. The van der Waals surface area contributed by atoms with Crippen molar-refractivity contribution in [1.29, 1.82) is 0 Å². The van der Waals surface area contributed by atoms with Crippen molar-refractivity contribution in [2.45, 2.75) is 19.4 Å². The van der Waals surface area contributed by atoms with Crippen molar-refractivity contribution >= 4 is 11.6 Å². The first-order valence-corrected chi connectivity index (χ1v) is 7.04. The molecule has 1 N–H and O–H groups in total. The van der Waals surface area contributed by atoms with E-state index >= 15 is 0 Å². The highest BCUT2D eigenvalue weighted by atomic mass is 16.5. The summed E-state index contributed by atoms with van der Waals surface area (Å²) in [5, 5.41) is 3.48. The number of methoxy groups -OCH3 is 1. The average Bonchev–Trinajstić information content (AvgIpc) is 2.53. The molecule has 21 heavy (non-hydrogen) atoms. The Hall–Kier alpha value is -2.30. The van der Waals surface area contributed by atoms with Crippen LogP contribution in [0.1, 0.15) is 24.9 Å². The van der Waals surface area contributed by atoms with Crippen LogP contribution in [0.2, 0.25) is 0 Å². The van der Waals surface area contributed by atoms with Crippen molar-refractivity contribution in [3.63, 3.8) is 0 Å². The molecule has 5 heteroatoms. The van der Waals surface area contributed by atoms with Crippen LogP contribution in [0.3, 0.4) is 0 Å². The number of ether oxygens (including phenoxy) is 1. The Morgan fingerprint density at radius 1 is 1.14 bits per heavy atom. The largest absolute Gasteiger partial charge is 0.497 e. The molecule has 0 aliphatic heterocycles. The zero-order valence-corrected chi connectivity index (χ0v) is 13.0. The predicted octanol–water partition coefficient (Wildman–Crippen LogP) is 3.11. The Bertz CT molecular complexity index is 569. The molecular weight excluding hydrogens is 264 g/mol. The molecule has 2 rings (SSSR count). The minimum absolute atomic E-state index is 0.186. The number of nitrogens with zero attached hydrogens (tertiary/aromatic N) is 3. The van der Waals surface area contributed by atoms with Crippen LogP contribution in [0, 0.1) is 0 Å². The molecule has 112 valence electrons. The van der Waals surface area contributed by atoms with Crippen LogP contribution in [-0.4, -0.2) is 31.2 Å². The number of benzene rings is 1. The summed E-state index contributed by atoms with van der Waals surface area (Å²) in [4.78, 5) is 10.7. The van der Waals surface area contributed by atoms with Gasteiger partial charge in [-0.3, -0.25) is 0 Å². The molecule has 1 unspecified atom stereocenters. The second-order valence-electron chi connectivity index (χ2n) is 5.00. The van der Waals surface area contributed by atoms with Crippen molar-refractivity contribution in [2.75, 3.05) is 31.4 Å². The molecule has 0 bridgehead atoms. The highest BCUT2D eigenvalue weighted by Gasteiger charge is 2.14. The molecule has 0 aliphatic carbocycles. The van der Waals surface area contributed by atoms with Crippen LogP contribution in [0.25, 0.3) is 0 Å². The minimum Gasteiger partial charge on any atom is -0.497 e. The van der Waals surface area contributed by atoms with E-state index in [1.54, 1.807) is 19.5 Å². The van der Waals surface area contributed by atoms with Crippen molar-refractivity contribution in [1.82, 2.24) is 9.97 Å². The van der Waals surface area contributed by atoms with Gasteiger partial charge in [0.05, 0.1) is 13.2 Å². The summed E-state index contributed by atoms with van der Waals surface area (Å²) < 4.78 is 5.20. The van der Waals surface area contributed by atoms with Crippen LogP contribution in [0.5, 0.6) is 5.75 Å². The third-order valence-electron chi connectivity index (χ3n) is 3.34. The first kappa shape index (κ1) is 15.1. The van der Waals surface area contributed by atoms with E-state index < -0.39 is 0 Å². The van der Waals surface area contributed by atoms with E-state index in [9.17, 15) is 0 Å². The van der Waals surface area contributed by atoms with E-state index in [0.29, 0.717) is 0 Å². The molecule has 0 amide bonds. The maximum atomic E-state index is 5.20. The molecule has 5 nitrogen and oxygen atoms in total. The van der Waals surface area contributed by atoms with Crippen LogP contribution in [0.15, 0.2) is 36.7 Å². The molecule has 0 saturated carbocycles. The van der Waals surface area contributed by atoms with Gasteiger partial charge in [0, 0.05) is 26.5 Å². The lowest BCUT2D eigenvalue weighted by atomic mass is 10.0. The van der Waals surface area contributed by atoms with Gasteiger partial charge in [0.25, 0.3) is 0 Å². The smallest absolute Gasteiger partial charge is 0.171 e. The number of aromatic nitrogens is 2. The quantitative estimate of drug-likeness (QED) is 0.884. The maximum absolute atomic E-state index is 5.20. The molecule has 0 spiro atoms. The zero-order chi connectivity index (χ0) is 15.2. The van der Waals surface area contributed by atoms with E-state index in [4.69, 9.17) is 4.74 Å². The number of hydrogen-bond acceptors (Lipinski definition) is 5. The van der Waals surface area contributed by atoms with Gasteiger partial charge in [0.2, 0.25) is 0 Å². The van der Waals surface area contributed by atoms with Gasteiger partial charge in [-0.15, -0.1) is 0 Å². The standard InChI is InChI=1S/C16H22N4O/c1-5-14(12-6-8-13(21-4)9-7-12)19-15-16(20(2)3)18-11-10-17-15/h6-11,14H,5H2,1-4H3,(H,17,19). The molecular formula is C16H22N4O. The zero-order valence-electron chi connectivity index (χ0n) is 13.0. The molecule has 0 radical (unpaired) electrons. The first-order valence-electron chi connectivity index (χ1n) is 7.04. The monoisotopic (exact) mass is 286 g/mol. The molecule has 1 aromatic heterocycles. The summed E-state index contributed by atoms with van der Waals surface area (Å²) in [7, 11) is 5.60. The molecule has 1 atom stereocenters. The molecule has 1 heterocycles. The fraction of sp³-hybridized carbons (Fsp3) is 0.375. The lowest BCUT2D eigenvalue weighted by Crippen LogP contribution is -2.17. The summed E-state index contributed by atoms with van der Waals surface area (Å²) >= 11 is 0. The third kappa shape index (κ3) is 3.62. The second kappa shape index (κ2) is 6.92. The van der Waals surface area contributed by atoms with Gasteiger partial charge in [-0.2, -0.15) is 0 Å². The predicted molar refractivity (Wildman–Crippen MR) is 86.0 cm³/mol. The fourth-order valence-corrected chi connectivity index (χ4v) is 2.18. The number of nitrogens with one attached hydrogen (secondary N) is 1. The molecule has 0 saturated heterocycles. The van der Waals surface area contributed by atoms with E-state index in [1.807, 2.05) is 31.1 Å². The van der Waals surface area contributed by atoms with Crippen molar-refractivity contribution in [3.8, 4) is 5.75 Å². The van der Waals surface area contributed by atoms with Gasteiger partial charge in [-0.05, 0) is 24.1 Å². The van der Waals surface area contributed by atoms with Gasteiger partial charge in [0.15, 0.2) is 11.6 Å². The van der Waals surface area contributed by atoms with E-state index in [2.05, 4.69) is 34.3 Å². The SMILES string of the molecule is CCC(Nc1nccnc1N(C)C)c1ccc(OC)cc1. The van der Waals surface area contributed by atoms with E-state index in [1.165, 1.54) is 5.56 Å². The average molecular weight is 286 g/mol. The van der Waals surface area contributed by atoms with Crippen molar-refractivity contribution < 1.29 is 4.74 Å². The summed E-state index contributed by atoms with van der Waals surface area (Å²) in [6, 6.07) is 8.29. The van der Waals surface area contributed by atoms with Crippen LogP contribution in [0.4, 0.5) is 11.6 Å². The summed E-state index contributed by atoms with van der Waals surface area (Å²) in [6.45, 7) is 2.15. The topological polar surface area (TPSA) is 50.3 Å². The second-order valence-corrected chi connectivity index (χ2v) is 5.00. The van der Waals surface area contributed by atoms with Gasteiger partial charge < -0.3 is 15.0 Å². The lowest BCUT2D eigenvalue weighted by molar-refractivity contribution is 0.414. The normalized spacial score (nSPS) is 11.8. The van der Waals surface area contributed by atoms with Crippen molar-refractivity contribution in [2.24, 2.45) is 0 Å². The number of rotatable bonds is 6. The van der Waals surface area contributed by atoms with Crippen molar-refractivity contribution in [3.05, 3.63) is 42.2 Å². The molecule has 0 aliphatic rings. The Labute approximate surface area is 126 Å². The fourth-order valence-electron chi connectivity index (χ4n) is 2.18. The van der Waals surface area contributed by atoms with Gasteiger partial charge in [-0.25, -0.2) is 9.97 Å². The Morgan fingerprint density at radius 3 is 2.38 bits per heavy atom. The van der Waals surface area contributed by atoms with E-state index in [-0.39, 0.29) is 6.04 Å². The first-order chi connectivity index (χ1) is 10.2. The van der Waals surface area contributed by atoms with E-state index in [0.717, 1.165) is 23.8 Å². The number of hydrogen-bond donors (Lipinski definition) is 1. The Kier molecular flexibility index (Phi) is 4.98. The van der Waals surface area contributed by atoms with Crippen LogP contribution < -0.4 is 15.0 Å². The van der Waals surface area contributed by atoms with Gasteiger partial charge >= 0.3 is 0 Å². The molecule has 1 aromatic carbocycles. The minimum atomic E-state index is 0.186. The lowest BCUT2D eigenvalue weighted by Gasteiger charge is -2.22. The van der Waals surface area contributed by atoms with Crippen LogP contribution >= 0.6 is 0 Å². The Morgan fingerprint density at radius 2 is 1.81 bits per heavy atom.